The van der Waals surface area contributed by atoms with E-state index in [2.05, 4.69) is 10.6 Å². The van der Waals surface area contributed by atoms with E-state index < -0.39 is 5.60 Å². The predicted octanol–water partition coefficient (Wildman–Crippen LogP) is 1.39. The molecule has 0 spiro atoms. The van der Waals surface area contributed by atoms with E-state index in [0.29, 0.717) is 26.3 Å². The monoisotopic (exact) mass is 328 g/mol. The molecule has 0 aromatic heterocycles. The van der Waals surface area contributed by atoms with Crippen molar-refractivity contribution in [1.29, 1.82) is 0 Å². The lowest BCUT2D eigenvalue weighted by molar-refractivity contribution is -0.0261. The molecule has 6 heteroatoms. The van der Waals surface area contributed by atoms with Crippen molar-refractivity contribution in [3.63, 3.8) is 0 Å². The minimum Gasteiger partial charge on any atom is -0.385 e. The normalized spacial score (nSPS) is 22.5. The Morgan fingerprint density at radius 2 is 2.18 bits per heavy atom. The van der Waals surface area contributed by atoms with Crippen LogP contribution in [0.25, 0.3) is 0 Å². The Morgan fingerprint density at radius 3 is 3.00 bits per heavy atom. The number of benzene rings is 1. The van der Waals surface area contributed by atoms with Crippen molar-refractivity contribution >= 4 is 11.8 Å². The quantitative estimate of drug-likeness (QED) is 0.630. The van der Waals surface area contributed by atoms with Crippen molar-refractivity contribution in [2.24, 2.45) is 0 Å². The molecule has 4 nitrogen and oxygen atoms in total. The topological polar surface area (TPSA) is 53.5 Å². The fourth-order valence-electron chi connectivity index (χ4n) is 2.28. The van der Waals surface area contributed by atoms with Gasteiger partial charge in [-0.25, -0.2) is 4.39 Å². The van der Waals surface area contributed by atoms with Crippen LogP contribution < -0.4 is 10.6 Å². The van der Waals surface area contributed by atoms with Crippen molar-refractivity contribution in [3.8, 4) is 0 Å². The molecule has 0 radical (unpaired) electrons. The summed E-state index contributed by atoms with van der Waals surface area (Å²) in [7, 11) is 0. The third-order valence-electron chi connectivity index (χ3n) is 3.53. The molecule has 1 atom stereocenters. The zero-order chi connectivity index (χ0) is 15.7. The van der Waals surface area contributed by atoms with Crippen molar-refractivity contribution in [1.82, 2.24) is 10.6 Å². The van der Waals surface area contributed by atoms with Gasteiger partial charge < -0.3 is 20.5 Å². The van der Waals surface area contributed by atoms with Gasteiger partial charge in [-0.3, -0.25) is 0 Å². The molecule has 0 unspecified atom stereocenters. The van der Waals surface area contributed by atoms with Crippen molar-refractivity contribution in [2.75, 3.05) is 45.1 Å². The number of hydrogen-bond acceptors (Lipinski definition) is 5. The third-order valence-corrected chi connectivity index (χ3v) is 4.64. The average Bonchev–Trinajstić information content (AvgIpc) is 2.73. The molecule has 1 heterocycles. The Kier molecular flexibility index (Phi) is 7.62. The van der Waals surface area contributed by atoms with Gasteiger partial charge in [-0.2, -0.15) is 11.8 Å². The van der Waals surface area contributed by atoms with E-state index in [1.54, 1.807) is 0 Å². The van der Waals surface area contributed by atoms with Gasteiger partial charge in [0.25, 0.3) is 0 Å². The highest BCUT2D eigenvalue weighted by molar-refractivity contribution is 7.98. The summed E-state index contributed by atoms with van der Waals surface area (Å²) in [4.78, 5) is 0. The van der Waals surface area contributed by atoms with Gasteiger partial charge in [-0.15, -0.1) is 0 Å². The number of halogens is 1. The summed E-state index contributed by atoms with van der Waals surface area (Å²) in [6, 6.07) is 6.66. The summed E-state index contributed by atoms with van der Waals surface area (Å²) in [5.41, 5.74) is 0.341. The molecular formula is C16H25FN2O2S. The van der Waals surface area contributed by atoms with Gasteiger partial charge >= 0.3 is 0 Å². The second-order valence-corrected chi connectivity index (χ2v) is 6.77. The van der Waals surface area contributed by atoms with Crippen LogP contribution in [-0.4, -0.2) is 55.9 Å². The summed E-state index contributed by atoms with van der Waals surface area (Å²) >= 11 is 1.84. The summed E-state index contributed by atoms with van der Waals surface area (Å²) in [5.74, 6) is 1.76. The second kappa shape index (κ2) is 9.47. The number of aliphatic hydroxyl groups is 1. The van der Waals surface area contributed by atoms with Crippen LogP contribution in [0, 0.1) is 5.82 Å². The first-order valence-electron chi connectivity index (χ1n) is 7.72. The van der Waals surface area contributed by atoms with Gasteiger partial charge in [0.05, 0.1) is 13.2 Å². The fraction of sp³-hybridized carbons (Fsp3) is 0.625. The van der Waals surface area contributed by atoms with E-state index in [0.717, 1.165) is 36.6 Å². The first-order valence-corrected chi connectivity index (χ1v) is 8.87. The molecule has 0 saturated carbocycles. The largest absolute Gasteiger partial charge is 0.385 e. The number of rotatable bonds is 8. The van der Waals surface area contributed by atoms with Crippen LogP contribution in [-0.2, 0) is 10.5 Å². The van der Waals surface area contributed by atoms with Crippen molar-refractivity contribution in [3.05, 3.63) is 35.6 Å². The minimum atomic E-state index is -0.808. The van der Waals surface area contributed by atoms with Crippen LogP contribution in [0.1, 0.15) is 12.0 Å². The summed E-state index contributed by atoms with van der Waals surface area (Å²) in [6.45, 7) is 3.82. The molecule has 1 fully saturated rings. The Morgan fingerprint density at radius 1 is 1.36 bits per heavy atom. The molecule has 1 saturated heterocycles. The third kappa shape index (κ3) is 6.62. The van der Waals surface area contributed by atoms with Crippen LogP contribution in [0.3, 0.4) is 0 Å². The van der Waals surface area contributed by atoms with Crippen LogP contribution in [0.15, 0.2) is 24.3 Å². The zero-order valence-corrected chi connectivity index (χ0v) is 13.6. The summed E-state index contributed by atoms with van der Waals surface area (Å²) in [5, 5.41) is 16.8. The number of β-amino-alcohol motifs (C(OH)–C–C–N with tert-alkyl or cyclic N) is 1. The smallest absolute Gasteiger partial charge is 0.123 e. The van der Waals surface area contributed by atoms with Gasteiger partial charge in [-0.1, -0.05) is 12.1 Å². The highest BCUT2D eigenvalue weighted by Crippen LogP contribution is 2.13. The second-order valence-electron chi connectivity index (χ2n) is 5.66. The standard InChI is InChI=1S/C16H25FN2O2S/c17-15-4-2-14(3-5-15)10-22-9-1-6-18-11-16(20)12-19-7-8-21-13-16/h2-5,18-20H,1,6-13H2/t16-/m0/s1. The first kappa shape index (κ1) is 17.7. The zero-order valence-electron chi connectivity index (χ0n) is 12.8. The lowest BCUT2D eigenvalue weighted by atomic mass is 10.1. The number of hydrogen-bond donors (Lipinski definition) is 3. The van der Waals surface area contributed by atoms with E-state index in [9.17, 15) is 9.50 Å². The number of thioether (sulfide) groups is 1. The van der Waals surface area contributed by atoms with Crippen LogP contribution in [0.4, 0.5) is 4.39 Å². The molecule has 0 bridgehead atoms. The molecule has 2 rings (SSSR count). The Hall–Kier alpha value is -0.660. The fourth-order valence-corrected chi connectivity index (χ4v) is 3.20. The highest BCUT2D eigenvalue weighted by atomic mass is 32.2. The molecule has 22 heavy (non-hydrogen) atoms. The highest BCUT2D eigenvalue weighted by Gasteiger charge is 2.28. The van der Waals surface area contributed by atoms with Gasteiger partial charge in [-0.05, 0) is 36.4 Å². The Labute approximate surface area is 135 Å². The van der Waals surface area contributed by atoms with Gasteiger partial charge in [0.15, 0.2) is 0 Å². The van der Waals surface area contributed by atoms with E-state index in [1.165, 1.54) is 12.1 Å². The molecule has 1 aliphatic heterocycles. The molecule has 0 amide bonds. The lowest BCUT2D eigenvalue weighted by Gasteiger charge is -2.26. The lowest BCUT2D eigenvalue weighted by Crippen LogP contribution is -2.50. The average molecular weight is 328 g/mol. The van der Waals surface area contributed by atoms with E-state index >= 15 is 0 Å². The van der Waals surface area contributed by atoms with Gasteiger partial charge in [0, 0.05) is 25.4 Å². The minimum absolute atomic E-state index is 0.187. The Bertz CT molecular complexity index is 423. The maximum Gasteiger partial charge on any atom is 0.123 e. The molecular weight excluding hydrogens is 303 g/mol. The number of ether oxygens (including phenoxy) is 1. The first-order chi connectivity index (χ1) is 10.7. The molecule has 1 aromatic carbocycles. The SMILES string of the molecule is O[C@@]1(CNCCCSCc2ccc(F)cc2)CNCCOC1. The van der Waals surface area contributed by atoms with Crippen LogP contribution in [0.2, 0.25) is 0 Å². The van der Waals surface area contributed by atoms with Crippen LogP contribution >= 0.6 is 11.8 Å². The molecule has 0 aliphatic carbocycles. The summed E-state index contributed by atoms with van der Waals surface area (Å²) in [6.07, 6.45) is 1.04. The van der Waals surface area contributed by atoms with Crippen molar-refractivity contribution in [2.45, 2.75) is 17.8 Å². The van der Waals surface area contributed by atoms with E-state index in [4.69, 9.17) is 4.74 Å². The van der Waals surface area contributed by atoms with Crippen LogP contribution in [0.5, 0.6) is 0 Å². The van der Waals surface area contributed by atoms with Gasteiger partial charge in [0.1, 0.15) is 11.4 Å². The summed E-state index contributed by atoms with van der Waals surface area (Å²) < 4.78 is 18.2. The molecule has 1 aliphatic rings. The van der Waals surface area contributed by atoms with Gasteiger partial charge in [0.2, 0.25) is 0 Å². The molecule has 3 N–H and O–H groups in total. The maximum absolute atomic E-state index is 12.8. The maximum atomic E-state index is 12.8. The molecule has 1 aromatic rings. The van der Waals surface area contributed by atoms with Crippen molar-refractivity contribution < 1.29 is 14.2 Å². The Balaban J connectivity index is 1.51. The van der Waals surface area contributed by atoms with E-state index in [-0.39, 0.29) is 5.82 Å². The molecule has 124 valence electrons. The predicted molar refractivity (Wildman–Crippen MR) is 88.7 cm³/mol. The number of nitrogens with one attached hydrogen (secondary N) is 2. The van der Waals surface area contributed by atoms with E-state index in [1.807, 2.05) is 23.9 Å².